The Morgan fingerprint density at radius 1 is 1.50 bits per heavy atom. The molecule has 0 aliphatic carbocycles. The monoisotopic (exact) mass is 170 g/mol. The molecular formula is C9H18N2O. The molecule has 0 amide bonds. The molecule has 0 aromatic carbocycles. The fourth-order valence-corrected chi connectivity index (χ4v) is 1.45. The third-order valence-corrected chi connectivity index (χ3v) is 2.24. The summed E-state index contributed by atoms with van der Waals surface area (Å²) in [7, 11) is 0. The van der Waals surface area contributed by atoms with Crippen molar-refractivity contribution < 1.29 is 4.74 Å². The van der Waals surface area contributed by atoms with Crippen LogP contribution in [0.4, 0.5) is 0 Å². The predicted molar refractivity (Wildman–Crippen MR) is 49.3 cm³/mol. The van der Waals surface area contributed by atoms with E-state index in [0.717, 1.165) is 25.1 Å². The highest BCUT2D eigenvalue weighted by Gasteiger charge is 2.13. The molecule has 12 heavy (non-hydrogen) atoms. The quantitative estimate of drug-likeness (QED) is 0.666. The lowest BCUT2D eigenvalue weighted by atomic mass is 10.0. The van der Waals surface area contributed by atoms with E-state index in [1.165, 1.54) is 25.5 Å². The average Bonchev–Trinajstić information content (AvgIpc) is 2.16. The van der Waals surface area contributed by atoms with Crippen LogP contribution in [0.3, 0.4) is 0 Å². The highest BCUT2D eigenvalue weighted by molar-refractivity contribution is 4.93. The van der Waals surface area contributed by atoms with Gasteiger partial charge in [-0.2, -0.15) is 0 Å². The Bertz CT molecular complexity index is 151. The van der Waals surface area contributed by atoms with Crippen molar-refractivity contribution in [3.8, 4) is 0 Å². The number of rotatable bonds is 3. The number of ether oxygens (including phenoxy) is 1. The maximum atomic E-state index is 5.57. The minimum atomic E-state index is 0.414. The molecule has 1 saturated heterocycles. The van der Waals surface area contributed by atoms with E-state index < -0.39 is 0 Å². The second-order valence-electron chi connectivity index (χ2n) is 3.27. The van der Waals surface area contributed by atoms with Gasteiger partial charge in [-0.15, -0.1) is 0 Å². The molecule has 0 radical (unpaired) electrons. The van der Waals surface area contributed by atoms with Gasteiger partial charge in [0.05, 0.1) is 6.10 Å². The molecule has 1 aliphatic heterocycles. The van der Waals surface area contributed by atoms with Gasteiger partial charge in [-0.3, -0.25) is 0 Å². The van der Waals surface area contributed by atoms with Crippen LogP contribution in [0.1, 0.15) is 32.1 Å². The number of nitrogens with two attached hydrogens (primary N) is 2. The summed E-state index contributed by atoms with van der Waals surface area (Å²) in [5.41, 5.74) is 11.6. The van der Waals surface area contributed by atoms with E-state index in [2.05, 4.69) is 0 Å². The summed E-state index contributed by atoms with van der Waals surface area (Å²) in [6.07, 6.45) is 7.44. The van der Waals surface area contributed by atoms with Crippen molar-refractivity contribution >= 4 is 0 Å². The van der Waals surface area contributed by atoms with Crippen molar-refractivity contribution in [3.05, 3.63) is 11.9 Å². The van der Waals surface area contributed by atoms with Crippen LogP contribution >= 0.6 is 0 Å². The first-order valence-corrected chi connectivity index (χ1v) is 4.61. The Hall–Kier alpha value is -0.700. The fourth-order valence-electron chi connectivity index (χ4n) is 1.45. The third-order valence-electron chi connectivity index (χ3n) is 2.24. The van der Waals surface area contributed by atoms with Gasteiger partial charge in [0, 0.05) is 18.5 Å². The Labute approximate surface area is 73.8 Å². The zero-order valence-corrected chi connectivity index (χ0v) is 7.46. The minimum Gasteiger partial charge on any atom is -0.403 e. The van der Waals surface area contributed by atoms with E-state index in [1.54, 1.807) is 0 Å². The summed E-state index contributed by atoms with van der Waals surface area (Å²) in [5, 5.41) is 0. The molecule has 0 aromatic heterocycles. The Morgan fingerprint density at radius 3 is 2.92 bits per heavy atom. The van der Waals surface area contributed by atoms with Gasteiger partial charge in [0.25, 0.3) is 0 Å². The van der Waals surface area contributed by atoms with Gasteiger partial charge >= 0.3 is 0 Å². The average molecular weight is 170 g/mol. The SMILES string of the molecule is N/C=C(\N)CCC1CCCCO1. The van der Waals surface area contributed by atoms with Gasteiger partial charge in [-0.25, -0.2) is 0 Å². The predicted octanol–water partition coefficient (Wildman–Crippen LogP) is 1.09. The summed E-state index contributed by atoms with van der Waals surface area (Å²) in [5.74, 6) is 0. The van der Waals surface area contributed by atoms with Gasteiger partial charge in [0.15, 0.2) is 0 Å². The summed E-state index contributed by atoms with van der Waals surface area (Å²) in [6, 6.07) is 0. The summed E-state index contributed by atoms with van der Waals surface area (Å²) >= 11 is 0. The van der Waals surface area contributed by atoms with Crippen LogP contribution in [0.2, 0.25) is 0 Å². The molecule has 0 saturated carbocycles. The van der Waals surface area contributed by atoms with E-state index in [9.17, 15) is 0 Å². The van der Waals surface area contributed by atoms with Crippen molar-refractivity contribution in [2.24, 2.45) is 11.5 Å². The lowest BCUT2D eigenvalue weighted by Crippen LogP contribution is -2.19. The molecule has 1 aliphatic rings. The van der Waals surface area contributed by atoms with Crippen molar-refractivity contribution in [1.29, 1.82) is 0 Å². The minimum absolute atomic E-state index is 0.414. The largest absolute Gasteiger partial charge is 0.403 e. The maximum Gasteiger partial charge on any atom is 0.0578 e. The highest BCUT2D eigenvalue weighted by Crippen LogP contribution is 2.17. The molecule has 1 fully saturated rings. The number of hydrogen-bond acceptors (Lipinski definition) is 3. The standard InChI is InChI=1S/C9H18N2O/c10-7-8(11)4-5-9-3-1-2-6-12-9/h7,9H,1-6,10-11H2/b8-7-. The second kappa shape index (κ2) is 5.04. The molecule has 0 bridgehead atoms. The van der Waals surface area contributed by atoms with Gasteiger partial charge in [-0.05, 0) is 32.1 Å². The normalized spacial score (nSPS) is 25.7. The molecule has 3 nitrogen and oxygen atoms in total. The Balaban J connectivity index is 2.13. The van der Waals surface area contributed by atoms with Crippen LogP contribution in [0.5, 0.6) is 0 Å². The van der Waals surface area contributed by atoms with Crippen LogP contribution < -0.4 is 11.5 Å². The molecule has 70 valence electrons. The fraction of sp³-hybridized carbons (Fsp3) is 0.778. The summed E-state index contributed by atoms with van der Waals surface area (Å²) < 4.78 is 5.55. The van der Waals surface area contributed by atoms with Crippen LogP contribution in [0.25, 0.3) is 0 Å². The van der Waals surface area contributed by atoms with Crippen molar-refractivity contribution in [2.45, 2.75) is 38.2 Å². The topological polar surface area (TPSA) is 61.3 Å². The zero-order valence-electron chi connectivity index (χ0n) is 7.46. The molecule has 0 spiro atoms. The molecule has 3 heteroatoms. The smallest absolute Gasteiger partial charge is 0.0578 e. The van der Waals surface area contributed by atoms with E-state index in [4.69, 9.17) is 16.2 Å². The molecule has 1 rings (SSSR count). The molecule has 1 atom stereocenters. The van der Waals surface area contributed by atoms with Crippen molar-refractivity contribution in [3.63, 3.8) is 0 Å². The van der Waals surface area contributed by atoms with Crippen LogP contribution in [-0.4, -0.2) is 12.7 Å². The first-order chi connectivity index (χ1) is 5.83. The number of hydrogen-bond donors (Lipinski definition) is 2. The van der Waals surface area contributed by atoms with Crippen molar-refractivity contribution in [1.82, 2.24) is 0 Å². The van der Waals surface area contributed by atoms with E-state index in [0.29, 0.717) is 6.10 Å². The summed E-state index contributed by atoms with van der Waals surface area (Å²) in [6.45, 7) is 0.914. The third kappa shape index (κ3) is 3.13. The molecule has 0 aromatic rings. The second-order valence-corrected chi connectivity index (χ2v) is 3.27. The number of allylic oxidation sites excluding steroid dienone is 1. The Kier molecular flexibility index (Phi) is 3.94. The van der Waals surface area contributed by atoms with E-state index in [-0.39, 0.29) is 0 Å². The molecule has 1 unspecified atom stereocenters. The Morgan fingerprint density at radius 2 is 2.33 bits per heavy atom. The van der Waals surface area contributed by atoms with Crippen LogP contribution in [0.15, 0.2) is 11.9 Å². The molecule has 1 heterocycles. The molecular weight excluding hydrogens is 152 g/mol. The van der Waals surface area contributed by atoms with Gasteiger partial charge in [0.2, 0.25) is 0 Å². The maximum absolute atomic E-state index is 5.57. The summed E-state index contributed by atoms with van der Waals surface area (Å²) in [4.78, 5) is 0. The van der Waals surface area contributed by atoms with Crippen LogP contribution in [0, 0.1) is 0 Å². The van der Waals surface area contributed by atoms with Gasteiger partial charge < -0.3 is 16.2 Å². The lowest BCUT2D eigenvalue weighted by Gasteiger charge is -2.22. The van der Waals surface area contributed by atoms with Gasteiger partial charge in [0.1, 0.15) is 0 Å². The molecule has 4 N–H and O–H groups in total. The highest BCUT2D eigenvalue weighted by atomic mass is 16.5. The van der Waals surface area contributed by atoms with Crippen LogP contribution in [-0.2, 0) is 4.74 Å². The lowest BCUT2D eigenvalue weighted by molar-refractivity contribution is 0.0114. The zero-order chi connectivity index (χ0) is 8.81. The first-order valence-electron chi connectivity index (χ1n) is 4.61. The van der Waals surface area contributed by atoms with E-state index in [1.807, 2.05) is 0 Å². The first kappa shape index (κ1) is 9.39. The van der Waals surface area contributed by atoms with Crippen molar-refractivity contribution in [2.75, 3.05) is 6.61 Å². The van der Waals surface area contributed by atoms with E-state index >= 15 is 0 Å². The van der Waals surface area contributed by atoms with Gasteiger partial charge in [-0.1, -0.05) is 0 Å².